The van der Waals surface area contributed by atoms with Gasteiger partial charge in [-0.2, -0.15) is 0 Å². The summed E-state index contributed by atoms with van der Waals surface area (Å²) in [7, 11) is 0. The molecule has 0 aromatic carbocycles. The van der Waals surface area contributed by atoms with Crippen LogP contribution in [0.5, 0.6) is 0 Å². The Morgan fingerprint density at radius 1 is 0.615 bits per heavy atom. The lowest BCUT2D eigenvalue weighted by molar-refractivity contribution is 0.0500. The summed E-state index contributed by atoms with van der Waals surface area (Å²) in [5.74, 6) is 2.91. The number of hydrogen-bond acceptors (Lipinski definition) is 3. The molecular weight excluding hydrogens is 318 g/mol. The number of rotatable bonds is 3. The first-order valence-corrected chi connectivity index (χ1v) is 11.4. The van der Waals surface area contributed by atoms with E-state index in [2.05, 4.69) is 56.2 Å². The minimum atomic E-state index is 0.351. The fourth-order valence-electron chi connectivity index (χ4n) is 5.60. The first-order valence-electron chi connectivity index (χ1n) is 11.4. The Bertz CT molecular complexity index is 431. The van der Waals surface area contributed by atoms with Gasteiger partial charge in [-0.15, -0.1) is 0 Å². The normalized spacial score (nSPS) is 29.5. The highest BCUT2D eigenvalue weighted by atomic mass is 15.2. The molecule has 3 nitrogen and oxygen atoms in total. The van der Waals surface area contributed by atoms with Gasteiger partial charge in [0.05, 0.1) is 0 Å². The van der Waals surface area contributed by atoms with Gasteiger partial charge in [0.15, 0.2) is 0 Å². The van der Waals surface area contributed by atoms with E-state index in [0.29, 0.717) is 11.1 Å². The van der Waals surface area contributed by atoms with Crippen LogP contribution >= 0.6 is 0 Å². The van der Waals surface area contributed by atoms with E-state index in [4.69, 9.17) is 0 Å². The molecule has 26 heavy (non-hydrogen) atoms. The van der Waals surface area contributed by atoms with Gasteiger partial charge < -0.3 is 4.90 Å². The van der Waals surface area contributed by atoms with Gasteiger partial charge in [0.25, 0.3) is 0 Å². The SMILES string of the molecule is CC(C)(C)N1CCC(C2CCN(CC3CCN(C(C)(C)C)C3)CC2)CC1. The molecule has 3 heteroatoms. The van der Waals surface area contributed by atoms with Crippen molar-refractivity contribution in [1.82, 2.24) is 14.7 Å². The molecule has 3 heterocycles. The molecule has 3 rings (SSSR count). The van der Waals surface area contributed by atoms with Gasteiger partial charge >= 0.3 is 0 Å². The molecule has 0 spiro atoms. The minimum absolute atomic E-state index is 0.351. The standard InChI is InChI=1S/C23H45N3/c1-22(2,3)25-15-10-21(11-16-25)20-8-12-24(13-9-20)17-19-7-14-26(18-19)23(4,5)6/h19-21H,7-18H2,1-6H3. The van der Waals surface area contributed by atoms with Crippen molar-refractivity contribution in [2.75, 3.05) is 45.8 Å². The summed E-state index contributed by atoms with van der Waals surface area (Å²) in [6, 6.07) is 0. The van der Waals surface area contributed by atoms with Crippen LogP contribution in [0.4, 0.5) is 0 Å². The Labute approximate surface area is 163 Å². The van der Waals surface area contributed by atoms with Gasteiger partial charge in [-0.05, 0) is 124 Å². The average Bonchev–Trinajstić information content (AvgIpc) is 3.04. The van der Waals surface area contributed by atoms with Crippen molar-refractivity contribution < 1.29 is 0 Å². The molecular formula is C23H45N3. The maximum Gasteiger partial charge on any atom is 0.0125 e. The molecule has 152 valence electrons. The van der Waals surface area contributed by atoms with Crippen molar-refractivity contribution in [2.45, 2.75) is 84.7 Å². The van der Waals surface area contributed by atoms with E-state index >= 15 is 0 Å². The second kappa shape index (κ2) is 8.09. The molecule has 1 unspecified atom stereocenters. The molecule has 3 aliphatic rings. The molecule has 0 saturated carbocycles. The van der Waals surface area contributed by atoms with E-state index in [1.807, 2.05) is 0 Å². The van der Waals surface area contributed by atoms with Crippen molar-refractivity contribution in [3.05, 3.63) is 0 Å². The highest BCUT2D eigenvalue weighted by Crippen LogP contribution is 2.35. The molecule has 0 radical (unpaired) electrons. The van der Waals surface area contributed by atoms with Gasteiger partial charge in [-0.1, -0.05) is 0 Å². The number of likely N-dealkylation sites (tertiary alicyclic amines) is 3. The van der Waals surface area contributed by atoms with Crippen LogP contribution in [-0.2, 0) is 0 Å². The summed E-state index contributed by atoms with van der Waals surface area (Å²) in [4.78, 5) is 8.17. The molecule has 3 fully saturated rings. The van der Waals surface area contributed by atoms with E-state index in [9.17, 15) is 0 Å². The van der Waals surface area contributed by atoms with Crippen LogP contribution in [-0.4, -0.2) is 71.6 Å². The summed E-state index contributed by atoms with van der Waals surface area (Å²) in [6.07, 6.45) is 7.18. The van der Waals surface area contributed by atoms with Crippen molar-refractivity contribution in [3.63, 3.8) is 0 Å². The van der Waals surface area contributed by atoms with E-state index in [0.717, 1.165) is 17.8 Å². The lowest BCUT2D eigenvalue weighted by Crippen LogP contribution is -2.48. The molecule has 0 amide bonds. The number of piperidine rings is 2. The number of nitrogens with zero attached hydrogens (tertiary/aromatic N) is 3. The minimum Gasteiger partial charge on any atom is -0.303 e. The van der Waals surface area contributed by atoms with Crippen molar-refractivity contribution >= 4 is 0 Å². The highest BCUT2D eigenvalue weighted by molar-refractivity contribution is 4.89. The Balaban J connectivity index is 1.38. The lowest BCUT2D eigenvalue weighted by atomic mass is 9.78. The summed E-state index contributed by atoms with van der Waals surface area (Å²) in [6.45, 7) is 23.5. The van der Waals surface area contributed by atoms with E-state index in [1.165, 1.54) is 77.9 Å². The van der Waals surface area contributed by atoms with E-state index in [-0.39, 0.29) is 0 Å². The van der Waals surface area contributed by atoms with Crippen molar-refractivity contribution in [2.24, 2.45) is 17.8 Å². The molecule has 3 saturated heterocycles. The van der Waals surface area contributed by atoms with Gasteiger partial charge in [-0.3, -0.25) is 9.80 Å². The molecule has 1 atom stereocenters. The zero-order chi connectivity index (χ0) is 18.9. The number of hydrogen-bond donors (Lipinski definition) is 0. The Kier molecular flexibility index (Phi) is 6.41. The summed E-state index contributed by atoms with van der Waals surface area (Å²) in [5.41, 5.74) is 0.709. The molecule has 0 aliphatic carbocycles. The molecule has 0 aromatic heterocycles. The third-order valence-corrected chi connectivity index (χ3v) is 7.54. The van der Waals surface area contributed by atoms with Crippen LogP contribution in [0.2, 0.25) is 0 Å². The second-order valence-corrected chi connectivity index (χ2v) is 11.4. The smallest absolute Gasteiger partial charge is 0.0125 e. The average molecular weight is 364 g/mol. The summed E-state index contributed by atoms with van der Waals surface area (Å²) < 4.78 is 0. The van der Waals surface area contributed by atoms with Crippen molar-refractivity contribution in [1.29, 1.82) is 0 Å². The highest BCUT2D eigenvalue weighted by Gasteiger charge is 2.34. The summed E-state index contributed by atoms with van der Waals surface area (Å²) >= 11 is 0. The quantitative estimate of drug-likeness (QED) is 0.739. The monoisotopic (exact) mass is 363 g/mol. The Morgan fingerprint density at radius 3 is 1.54 bits per heavy atom. The zero-order valence-corrected chi connectivity index (χ0v) is 18.6. The van der Waals surface area contributed by atoms with Gasteiger partial charge in [0.1, 0.15) is 0 Å². The van der Waals surface area contributed by atoms with Crippen LogP contribution < -0.4 is 0 Å². The third-order valence-electron chi connectivity index (χ3n) is 7.54. The maximum absolute atomic E-state index is 2.79. The maximum atomic E-state index is 2.79. The topological polar surface area (TPSA) is 9.72 Å². The van der Waals surface area contributed by atoms with Crippen molar-refractivity contribution in [3.8, 4) is 0 Å². The zero-order valence-electron chi connectivity index (χ0n) is 18.6. The molecule has 0 bridgehead atoms. The van der Waals surface area contributed by atoms with Crippen LogP contribution in [0.15, 0.2) is 0 Å². The third kappa shape index (κ3) is 5.23. The fraction of sp³-hybridized carbons (Fsp3) is 1.00. The first kappa shape index (κ1) is 20.6. The summed E-state index contributed by atoms with van der Waals surface area (Å²) in [5, 5.41) is 0. The Hall–Kier alpha value is -0.120. The van der Waals surface area contributed by atoms with Crippen LogP contribution in [0.1, 0.15) is 73.6 Å². The van der Waals surface area contributed by atoms with Gasteiger partial charge in [0, 0.05) is 24.2 Å². The molecule has 0 aromatic rings. The van der Waals surface area contributed by atoms with Crippen LogP contribution in [0.3, 0.4) is 0 Å². The predicted octanol–water partition coefficient (Wildman–Crippen LogP) is 4.33. The largest absolute Gasteiger partial charge is 0.303 e. The Morgan fingerprint density at radius 2 is 1.08 bits per heavy atom. The van der Waals surface area contributed by atoms with Crippen LogP contribution in [0, 0.1) is 17.8 Å². The van der Waals surface area contributed by atoms with Crippen LogP contribution in [0.25, 0.3) is 0 Å². The fourth-order valence-corrected chi connectivity index (χ4v) is 5.60. The first-order chi connectivity index (χ1) is 12.1. The molecule has 0 N–H and O–H groups in total. The van der Waals surface area contributed by atoms with Gasteiger partial charge in [0.2, 0.25) is 0 Å². The molecule has 3 aliphatic heterocycles. The second-order valence-electron chi connectivity index (χ2n) is 11.4. The predicted molar refractivity (Wildman–Crippen MR) is 113 cm³/mol. The van der Waals surface area contributed by atoms with E-state index < -0.39 is 0 Å². The lowest BCUT2D eigenvalue weighted by Gasteiger charge is -2.44. The van der Waals surface area contributed by atoms with E-state index in [1.54, 1.807) is 0 Å². The van der Waals surface area contributed by atoms with Gasteiger partial charge in [-0.25, -0.2) is 0 Å².